The van der Waals surface area contributed by atoms with Crippen LogP contribution in [-0.2, 0) is 0 Å². The van der Waals surface area contributed by atoms with Gasteiger partial charge in [-0.05, 0) is 6.92 Å². The van der Waals surface area contributed by atoms with E-state index in [4.69, 9.17) is 0 Å². The lowest BCUT2D eigenvalue weighted by Crippen LogP contribution is -1.58. The molecule has 0 fully saturated rings. The molecule has 1 radical (unpaired) electrons. The Balaban J connectivity index is 3.05. The van der Waals surface area contributed by atoms with Gasteiger partial charge < -0.3 is 0 Å². The largest absolute Gasteiger partial charge is 0.181 e. The van der Waals surface area contributed by atoms with Crippen LogP contribution in [0.15, 0.2) is 6.20 Å². The van der Waals surface area contributed by atoms with Crippen LogP contribution >= 0.6 is 11.7 Å². The van der Waals surface area contributed by atoms with Gasteiger partial charge in [0.05, 0.1) is 23.6 Å². The molecule has 1 heterocycles. The van der Waals surface area contributed by atoms with Gasteiger partial charge >= 0.3 is 0 Å². The molecule has 1 aromatic heterocycles. The normalized spacial score (nSPS) is 8.83. The van der Waals surface area contributed by atoms with E-state index in [9.17, 15) is 0 Å². The highest BCUT2D eigenvalue weighted by Gasteiger charge is 1.78. The Morgan fingerprint density at radius 1 is 1.83 bits per heavy atom. The highest BCUT2D eigenvalue weighted by atomic mass is 32.1. The molecule has 3 heteroatoms. The lowest BCUT2D eigenvalue weighted by molar-refractivity contribution is 1.44. The van der Waals surface area contributed by atoms with Crippen molar-refractivity contribution in [2.75, 3.05) is 0 Å². The van der Waals surface area contributed by atoms with E-state index in [1.807, 2.05) is 0 Å². The summed E-state index contributed by atoms with van der Waals surface area (Å²) in [5.41, 5.74) is 0.750. The van der Waals surface area contributed by atoms with Crippen LogP contribution in [0.25, 0.3) is 0 Å². The van der Waals surface area contributed by atoms with E-state index in [2.05, 4.69) is 15.7 Å². The van der Waals surface area contributed by atoms with Gasteiger partial charge in [0.25, 0.3) is 0 Å². The minimum absolute atomic E-state index is 0.750. The molecule has 0 aromatic carbocycles. The number of rotatable bonds is 0. The van der Waals surface area contributed by atoms with Crippen molar-refractivity contribution in [3.8, 4) is 0 Å². The molecule has 6 heavy (non-hydrogen) atoms. The van der Waals surface area contributed by atoms with E-state index in [1.54, 1.807) is 6.20 Å². The molecule has 0 saturated heterocycles. The predicted molar refractivity (Wildman–Crippen MR) is 24.4 cm³/mol. The van der Waals surface area contributed by atoms with E-state index < -0.39 is 0 Å². The molecule has 0 aliphatic rings. The van der Waals surface area contributed by atoms with Crippen molar-refractivity contribution in [1.29, 1.82) is 0 Å². The predicted octanol–water partition coefficient (Wildman–Crippen LogP) is 0.720. The maximum atomic E-state index is 3.74. The Bertz CT molecular complexity index is 112. The van der Waals surface area contributed by atoms with Gasteiger partial charge in [0.2, 0.25) is 0 Å². The van der Waals surface area contributed by atoms with Gasteiger partial charge in [-0.25, -0.2) is 0 Å². The molecule has 0 bridgehead atoms. The van der Waals surface area contributed by atoms with Crippen molar-refractivity contribution in [1.82, 2.24) is 8.75 Å². The number of hydrogen-bond donors (Lipinski definition) is 0. The van der Waals surface area contributed by atoms with Crippen molar-refractivity contribution in [2.24, 2.45) is 0 Å². The zero-order chi connectivity index (χ0) is 4.41. The maximum absolute atomic E-state index is 3.74. The van der Waals surface area contributed by atoms with Crippen LogP contribution in [0.3, 0.4) is 0 Å². The zero-order valence-corrected chi connectivity index (χ0v) is 3.90. The second-order valence-corrected chi connectivity index (χ2v) is 1.46. The van der Waals surface area contributed by atoms with Gasteiger partial charge in [-0.15, -0.1) is 0 Å². The quantitative estimate of drug-likeness (QED) is 0.479. The first-order chi connectivity index (χ1) is 2.89. The van der Waals surface area contributed by atoms with E-state index in [0.29, 0.717) is 0 Å². The summed E-state index contributed by atoms with van der Waals surface area (Å²) in [5.74, 6) is 0. The lowest BCUT2D eigenvalue weighted by atomic mass is 10.6. The van der Waals surface area contributed by atoms with Gasteiger partial charge in [-0.3, -0.25) is 0 Å². The van der Waals surface area contributed by atoms with E-state index >= 15 is 0 Å². The van der Waals surface area contributed by atoms with E-state index in [-0.39, 0.29) is 0 Å². The third-order valence-corrected chi connectivity index (χ3v) is 0.923. The van der Waals surface area contributed by atoms with Crippen molar-refractivity contribution < 1.29 is 0 Å². The van der Waals surface area contributed by atoms with Gasteiger partial charge in [0, 0.05) is 0 Å². The first-order valence-electron chi connectivity index (χ1n) is 1.49. The summed E-state index contributed by atoms with van der Waals surface area (Å²) in [6.45, 7) is 3.52. The number of hydrogen-bond acceptors (Lipinski definition) is 3. The van der Waals surface area contributed by atoms with Gasteiger partial charge in [-0.2, -0.15) is 8.75 Å². The first-order valence-corrected chi connectivity index (χ1v) is 2.22. The molecule has 0 spiro atoms. The topological polar surface area (TPSA) is 25.8 Å². The third-order valence-electron chi connectivity index (χ3n) is 0.407. The van der Waals surface area contributed by atoms with Crippen molar-refractivity contribution >= 4 is 11.7 Å². The molecule has 1 rings (SSSR count). The molecule has 0 atom stereocenters. The summed E-state index contributed by atoms with van der Waals surface area (Å²) < 4.78 is 7.43. The van der Waals surface area contributed by atoms with Crippen molar-refractivity contribution in [3.63, 3.8) is 0 Å². The Kier molecular flexibility index (Phi) is 0.837. The Hall–Kier alpha value is -0.440. The second-order valence-electron chi connectivity index (χ2n) is 0.899. The van der Waals surface area contributed by atoms with E-state index in [0.717, 1.165) is 5.69 Å². The van der Waals surface area contributed by atoms with Gasteiger partial charge in [0.15, 0.2) is 0 Å². The minimum atomic E-state index is 0.750. The summed E-state index contributed by atoms with van der Waals surface area (Å²) in [6, 6.07) is 0. The summed E-state index contributed by atoms with van der Waals surface area (Å²) in [6.07, 6.45) is 1.63. The van der Waals surface area contributed by atoms with Crippen LogP contribution in [0, 0.1) is 6.92 Å². The SMILES string of the molecule is [CH2]c1cnsn1. The summed E-state index contributed by atoms with van der Waals surface area (Å²) in [7, 11) is 0. The smallest absolute Gasteiger partial charge is 0.0746 e. The van der Waals surface area contributed by atoms with Crippen LogP contribution in [-0.4, -0.2) is 8.75 Å². The molecule has 0 aliphatic carbocycles. The molecular weight excluding hydrogens is 96.1 g/mol. The number of nitrogens with zero attached hydrogens (tertiary/aromatic N) is 2. The standard InChI is InChI=1S/C3H3N2S/c1-3-2-4-6-5-3/h2H,1H2. The molecule has 1 aromatic rings. The van der Waals surface area contributed by atoms with Crippen LogP contribution in [0.5, 0.6) is 0 Å². The zero-order valence-electron chi connectivity index (χ0n) is 3.09. The summed E-state index contributed by atoms with van der Waals surface area (Å²) in [4.78, 5) is 0. The lowest BCUT2D eigenvalue weighted by Gasteiger charge is -1.61. The average molecular weight is 99.1 g/mol. The molecule has 31 valence electrons. The second kappa shape index (κ2) is 1.34. The molecular formula is C3H3N2S. The molecule has 0 amide bonds. The van der Waals surface area contributed by atoms with Crippen LogP contribution in [0.2, 0.25) is 0 Å². The maximum Gasteiger partial charge on any atom is 0.0746 e. The van der Waals surface area contributed by atoms with Crippen molar-refractivity contribution in [3.05, 3.63) is 18.8 Å². The molecule has 0 aliphatic heterocycles. The molecule has 0 N–H and O–H groups in total. The van der Waals surface area contributed by atoms with Crippen LogP contribution in [0.1, 0.15) is 5.69 Å². The van der Waals surface area contributed by atoms with Gasteiger partial charge in [0.1, 0.15) is 0 Å². The van der Waals surface area contributed by atoms with Gasteiger partial charge in [-0.1, -0.05) is 0 Å². The number of aromatic nitrogens is 2. The molecule has 0 saturated carbocycles. The van der Waals surface area contributed by atoms with Crippen LogP contribution in [0.4, 0.5) is 0 Å². The first kappa shape index (κ1) is 3.74. The summed E-state index contributed by atoms with van der Waals surface area (Å²) in [5, 5.41) is 0. The fourth-order valence-corrected chi connectivity index (χ4v) is 0.552. The fraction of sp³-hybridized carbons (Fsp3) is 0. The minimum Gasteiger partial charge on any atom is -0.181 e. The Morgan fingerprint density at radius 2 is 2.67 bits per heavy atom. The van der Waals surface area contributed by atoms with E-state index in [1.165, 1.54) is 11.7 Å². The Morgan fingerprint density at radius 3 is 2.83 bits per heavy atom. The third kappa shape index (κ3) is 0.542. The summed E-state index contributed by atoms with van der Waals surface area (Å²) >= 11 is 1.18. The fourth-order valence-electron chi connectivity index (χ4n) is 0.184. The monoisotopic (exact) mass is 99.0 g/mol. The van der Waals surface area contributed by atoms with Crippen molar-refractivity contribution in [2.45, 2.75) is 0 Å². The van der Waals surface area contributed by atoms with Crippen LogP contribution < -0.4 is 0 Å². The molecule has 0 unspecified atom stereocenters. The average Bonchev–Trinajstić information content (AvgIpc) is 1.86. The molecule has 2 nitrogen and oxygen atoms in total. The Labute approximate surface area is 40.2 Å². The highest BCUT2D eigenvalue weighted by Crippen LogP contribution is 1.87. The highest BCUT2D eigenvalue weighted by molar-refractivity contribution is 6.99.